The lowest BCUT2D eigenvalue weighted by molar-refractivity contribution is 0.0940. The summed E-state index contributed by atoms with van der Waals surface area (Å²) in [5, 5.41) is 3.51. The van der Waals surface area contributed by atoms with Crippen LogP contribution in [0.5, 0.6) is 0 Å². The Morgan fingerprint density at radius 3 is 2.46 bits per heavy atom. The van der Waals surface area contributed by atoms with Gasteiger partial charge in [0, 0.05) is 16.3 Å². The minimum absolute atomic E-state index is 0.0307. The molecule has 0 heterocycles. The predicted octanol–water partition coefficient (Wildman–Crippen LogP) is 3.59. The van der Waals surface area contributed by atoms with E-state index in [0.717, 1.165) is 5.56 Å². The minimum Gasteiger partial charge on any atom is -0.346 e. The number of hydrogen-bond donors (Lipinski definition) is 2. The lowest BCUT2D eigenvalue weighted by atomic mass is 10.1. The summed E-state index contributed by atoms with van der Waals surface area (Å²) < 4.78 is 25.7. The molecule has 7 heteroatoms. The summed E-state index contributed by atoms with van der Waals surface area (Å²) in [4.78, 5) is 12.4. The van der Waals surface area contributed by atoms with Gasteiger partial charge in [0.05, 0.1) is 11.8 Å². The molecule has 0 radical (unpaired) electrons. The molecule has 0 aromatic heterocycles. The molecule has 2 aromatic carbocycles. The van der Waals surface area contributed by atoms with E-state index in [1.54, 1.807) is 37.3 Å². The third-order valence-electron chi connectivity index (χ3n) is 3.50. The van der Waals surface area contributed by atoms with Gasteiger partial charge >= 0.3 is 0 Å². The van der Waals surface area contributed by atoms with E-state index in [-0.39, 0.29) is 17.7 Å². The summed E-state index contributed by atoms with van der Waals surface area (Å²) in [6, 6.07) is 13.4. The topological polar surface area (TPSA) is 75.3 Å². The van der Waals surface area contributed by atoms with Gasteiger partial charge in [-0.2, -0.15) is 0 Å². The Morgan fingerprint density at radius 1 is 1.17 bits per heavy atom. The van der Waals surface area contributed by atoms with Gasteiger partial charge < -0.3 is 5.32 Å². The molecule has 2 aromatic rings. The zero-order valence-electron chi connectivity index (χ0n) is 13.4. The molecule has 0 fully saturated rings. The number of benzene rings is 2. The van der Waals surface area contributed by atoms with E-state index < -0.39 is 10.0 Å². The fraction of sp³-hybridized carbons (Fsp3) is 0.235. The Kier molecular flexibility index (Phi) is 5.85. The Balaban J connectivity index is 2.11. The summed E-state index contributed by atoms with van der Waals surface area (Å²) in [5.41, 5.74) is 1.67. The molecule has 0 saturated carbocycles. The molecule has 2 N–H and O–H groups in total. The van der Waals surface area contributed by atoms with Crippen LogP contribution >= 0.6 is 11.6 Å². The molecule has 1 amide bonds. The summed E-state index contributed by atoms with van der Waals surface area (Å²) in [7, 11) is -3.38. The van der Waals surface area contributed by atoms with Crippen LogP contribution in [0.3, 0.4) is 0 Å². The van der Waals surface area contributed by atoms with Crippen molar-refractivity contribution in [3.8, 4) is 0 Å². The molecule has 0 aliphatic carbocycles. The van der Waals surface area contributed by atoms with E-state index in [4.69, 9.17) is 11.6 Å². The van der Waals surface area contributed by atoms with Crippen LogP contribution < -0.4 is 10.0 Å². The van der Waals surface area contributed by atoms with E-state index in [0.29, 0.717) is 16.3 Å². The molecule has 128 valence electrons. The fourth-order valence-electron chi connectivity index (χ4n) is 2.09. The van der Waals surface area contributed by atoms with E-state index in [1.807, 2.05) is 19.1 Å². The van der Waals surface area contributed by atoms with Gasteiger partial charge in [0.1, 0.15) is 0 Å². The summed E-state index contributed by atoms with van der Waals surface area (Å²) in [6.07, 6.45) is 0. The average molecular weight is 367 g/mol. The number of halogens is 1. The standard InChI is InChI=1S/C17H19ClN2O3S/c1-3-24(22,23)20-16-6-4-5-14(11-16)17(21)19-12(2)13-7-9-15(18)10-8-13/h4-12,20H,3H2,1-2H3,(H,19,21)/t12-/m0/s1. The molecule has 0 aliphatic heterocycles. The molecule has 0 unspecified atom stereocenters. The van der Waals surface area contributed by atoms with Crippen LogP contribution in [-0.4, -0.2) is 20.1 Å². The van der Waals surface area contributed by atoms with E-state index in [2.05, 4.69) is 10.0 Å². The number of hydrogen-bond acceptors (Lipinski definition) is 3. The zero-order chi connectivity index (χ0) is 17.7. The maximum Gasteiger partial charge on any atom is 0.251 e. The summed E-state index contributed by atoms with van der Waals surface area (Å²) in [6.45, 7) is 3.41. The number of carbonyl (C=O) groups is 1. The quantitative estimate of drug-likeness (QED) is 0.820. The number of rotatable bonds is 6. The molecular formula is C17H19ClN2O3S. The number of sulfonamides is 1. The van der Waals surface area contributed by atoms with Crippen molar-refractivity contribution in [2.24, 2.45) is 0 Å². The molecule has 24 heavy (non-hydrogen) atoms. The van der Waals surface area contributed by atoms with Crippen LogP contribution in [0.4, 0.5) is 5.69 Å². The van der Waals surface area contributed by atoms with E-state index >= 15 is 0 Å². The van der Waals surface area contributed by atoms with Crippen molar-refractivity contribution in [1.82, 2.24) is 5.32 Å². The van der Waals surface area contributed by atoms with Gasteiger partial charge in [0.15, 0.2) is 0 Å². The highest BCUT2D eigenvalue weighted by molar-refractivity contribution is 7.92. The summed E-state index contributed by atoms with van der Waals surface area (Å²) in [5.74, 6) is -0.313. The second-order valence-electron chi connectivity index (χ2n) is 5.33. The minimum atomic E-state index is -3.38. The number of amides is 1. The van der Waals surface area contributed by atoms with E-state index in [1.165, 1.54) is 6.07 Å². The maximum atomic E-state index is 12.4. The number of carbonyl (C=O) groups excluding carboxylic acids is 1. The second-order valence-corrected chi connectivity index (χ2v) is 7.78. The van der Waals surface area contributed by atoms with Crippen molar-refractivity contribution >= 4 is 33.2 Å². The normalized spacial score (nSPS) is 12.5. The number of nitrogens with one attached hydrogen (secondary N) is 2. The van der Waals surface area contributed by atoms with Crippen molar-refractivity contribution in [1.29, 1.82) is 0 Å². The Morgan fingerprint density at radius 2 is 1.83 bits per heavy atom. The molecule has 0 bridgehead atoms. The van der Waals surface area contributed by atoms with Gasteiger partial charge in [-0.25, -0.2) is 8.42 Å². The van der Waals surface area contributed by atoms with Crippen LogP contribution in [-0.2, 0) is 10.0 Å². The molecule has 0 spiro atoms. The van der Waals surface area contributed by atoms with Gasteiger partial charge in [-0.15, -0.1) is 0 Å². The van der Waals surface area contributed by atoms with Gasteiger partial charge in [-0.05, 0) is 49.7 Å². The first-order valence-corrected chi connectivity index (χ1v) is 9.50. The molecular weight excluding hydrogens is 348 g/mol. The summed E-state index contributed by atoms with van der Waals surface area (Å²) >= 11 is 5.86. The lowest BCUT2D eigenvalue weighted by Crippen LogP contribution is -2.26. The van der Waals surface area contributed by atoms with Crippen LogP contribution in [0.1, 0.15) is 35.8 Å². The molecule has 0 saturated heterocycles. The smallest absolute Gasteiger partial charge is 0.251 e. The van der Waals surface area contributed by atoms with Crippen LogP contribution in [0.2, 0.25) is 5.02 Å². The highest BCUT2D eigenvalue weighted by atomic mass is 35.5. The van der Waals surface area contributed by atoms with Crippen LogP contribution in [0.25, 0.3) is 0 Å². The van der Waals surface area contributed by atoms with E-state index in [9.17, 15) is 13.2 Å². The third kappa shape index (κ3) is 4.97. The fourth-order valence-corrected chi connectivity index (χ4v) is 2.85. The van der Waals surface area contributed by atoms with Crippen molar-refractivity contribution in [3.63, 3.8) is 0 Å². The first-order chi connectivity index (χ1) is 11.3. The SMILES string of the molecule is CCS(=O)(=O)Nc1cccc(C(=O)N[C@@H](C)c2ccc(Cl)cc2)c1. The largest absolute Gasteiger partial charge is 0.346 e. The maximum absolute atomic E-state index is 12.4. The Hall–Kier alpha value is -2.05. The van der Waals surface area contributed by atoms with Gasteiger partial charge in [0.2, 0.25) is 10.0 Å². The van der Waals surface area contributed by atoms with Crippen LogP contribution in [0.15, 0.2) is 48.5 Å². The van der Waals surface area contributed by atoms with Gasteiger partial charge in [-0.1, -0.05) is 29.8 Å². The average Bonchev–Trinajstić information content (AvgIpc) is 2.55. The van der Waals surface area contributed by atoms with Crippen molar-refractivity contribution in [2.75, 3.05) is 10.5 Å². The highest BCUT2D eigenvalue weighted by Gasteiger charge is 2.13. The predicted molar refractivity (Wildman–Crippen MR) is 96.9 cm³/mol. The molecule has 0 aliphatic rings. The molecule has 1 atom stereocenters. The first kappa shape index (κ1) is 18.3. The second kappa shape index (κ2) is 7.68. The third-order valence-corrected chi connectivity index (χ3v) is 5.05. The number of anilines is 1. The lowest BCUT2D eigenvalue weighted by Gasteiger charge is -2.15. The molecule has 2 rings (SSSR count). The zero-order valence-corrected chi connectivity index (χ0v) is 15.0. The van der Waals surface area contributed by atoms with Crippen molar-refractivity contribution in [3.05, 3.63) is 64.7 Å². The monoisotopic (exact) mass is 366 g/mol. The highest BCUT2D eigenvalue weighted by Crippen LogP contribution is 2.18. The Bertz CT molecular complexity index is 820. The van der Waals surface area contributed by atoms with Gasteiger partial charge in [0.25, 0.3) is 5.91 Å². The Labute approximate surface area is 147 Å². The van der Waals surface area contributed by atoms with Crippen molar-refractivity contribution < 1.29 is 13.2 Å². The first-order valence-electron chi connectivity index (χ1n) is 7.47. The van der Waals surface area contributed by atoms with Crippen LogP contribution in [0, 0.1) is 0 Å². The molecule has 5 nitrogen and oxygen atoms in total. The van der Waals surface area contributed by atoms with Crippen molar-refractivity contribution in [2.45, 2.75) is 19.9 Å². The van der Waals surface area contributed by atoms with Gasteiger partial charge in [-0.3, -0.25) is 9.52 Å².